The number of aromatic nitrogens is 2. The summed E-state index contributed by atoms with van der Waals surface area (Å²) in [6.07, 6.45) is -0.880. The van der Waals surface area contributed by atoms with Crippen molar-refractivity contribution in [1.82, 2.24) is 14.7 Å². The van der Waals surface area contributed by atoms with Crippen LogP contribution in [0.15, 0.2) is 46.0 Å². The minimum atomic E-state index is -5.08. The van der Waals surface area contributed by atoms with E-state index in [1.165, 1.54) is 11.3 Å². The number of carbonyl (C=O) groups is 1. The summed E-state index contributed by atoms with van der Waals surface area (Å²) in [7, 11) is -1.50. The van der Waals surface area contributed by atoms with Crippen LogP contribution in [0.2, 0.25) is 0 Å². The number of benzene rings is 1. The van der Waals surface area contributed by atoms with Gasteiger partial charge in [-0.15, -0.1) is 11.3 Å². The molecule has 0 amide bonds. The smallest absolute Gasteiger partial charge is 0.475 e. The third kappa shape index (κ3) is 8.27. The summed E-state index contributed by atoms with van der Waals surface area (Å²) in [6, 6.07) is 11.4. The van der Waals surface area contributed by atoms with Gasteiger partial charge in [-0.05, 0) is 61.1 Å². The van der Waals surface area contributed by atoms with Crippen LogP contribution in [0.5, 0.6) is 0 Å². The first kappa shape index (κ1) is 28.6. The average molecular weight is 560 g/mol. The molecule has 1 aliphatic rings. The van der Waals surface area contributed by atoms with Crippen molar-refractivity contribution in [2.45, 2.75) is 36.1 Å². The molecule has 0 aliphatic heterocycles. The van der Waals surface area contributed by atoms with E-state index >= 15 is 0 Å². The number of halogens is 3. The van der Waals surface area contributed by atoms with Crippen LogP contribution >= 0.6 is 11.3 Å². The molecule has 0 atom stereocenters. The van der Waals surface area contributed by atoms with Gasteiger partial charge in [0.15, 0.2) is 0 Å². The molecule has 2 heterocycles. The number of para-hydroxylation sites is 1. The van der Waals surface area contributed by atoms with E-state index in [2.05, 4.69) is 25.3 Å². The number of nitrogens with one attached hydrogen (secondary N) is 3. The Labute approximate surface area is 216 Å². The highest BCUT2D eigenvalue weighted by Crippen LogP contribution is 2.29. The molecule has 0 unspecified atom stereocenters. The summed E-state index contributed by atoms with van der Waals surface area (Å²) < 4.78 is 59.4. The molecule has 4 rings (SSSR count). The second kappa shape index (κ2) is 12.5. The van der Waals surface area contributed by atoms with Crippen molar-refractivity contribution < 1.29 is 31.5 Å². The third-order valence-electron chi connectivity index (χ3n) is 5.92. The fourth-order valence-electron chi connectivity index (χ4n) is 3.94. The molecule has 3 aromatic rings. The van der Waals surface area contributed by atoms with Crippen molar-refractivity contribution in [2.24, 2.45) is 11.8 Å². The van der Waals surface area contributed by atoms with Crippen molar-refractivity contribution in [1.29, 1.82) is 0 Å². The quantitative estimate of drug-likeness (QED) is 0.316. The molecule has 14 heteroatoms. The van der Waals surface area contributed by atoms with Crippen LogP contribution in [0.1, 0.15) is 25.7 Å². The summed E-state index contributed by atoms with van der Waals surface area (Å²) in [4.78, 5) is 18.1. The summed E-state index contributed by atoms with van der Waals surface area (Å²) in [5.74, 6) is -0.353. The van der Waals surface area contributed by atoms with Crippen LogP contribution in [0.25, 0.3) is 10.9 Å². The number of carboxylic acids is 1. The van der Waals surface area contributed by atoms with Crippen LogP contribution in [0.3, 0.4) is 0 Å². The summed E-state index contributed by atoms with van der Waals surface area (Å²) >= 11 is 1.25. The van der Waals surface area contributed by atoms with Gasteiger partial charge < -0.3 is 15.7 Å². The first-order valence-electron chi connectivity index (χ1n) is 11.5. The number of aliphatic carboxylic acids is 1. The largest absolute Gasteiger partial charge is 0.490 e. The molecule has 0 spiro atoms. The molecule has 2 aromatic heterocycles. The lowest BCUT2D eigenvalue weighted by atomic mass is 9.82. The van der Waals surface area contributed by atoms with E-state index in [1.54, 1.807) is 17.5 Å². The van der Waals surface area contributed by atoms with Gasteiger partial charge in [-0.3, -0.25) is 0 Å². The highest BCUT2D eigenvalue weighted by atomic mass is 32.2. The van der Waals surface area contributed by atoms with E-state index in [-0.39, 0.29) is 0 Å². The minimum absolute atomic E-state index is 0.386. The zero-order chi connectivity index (χ0) is 27.1. The third-order valence-corrected chi connectivity index (χ3v) is 8.74. The van der Waals surface area contributed by atoms with Crippen LogP contribution < -0.4 is 15.4 Å². The Hall–Kier alpha value is -2.97. The number of nitrogens with zero attached hydrogens (tertiary/aromatic N) is 2. The lowest BCUT2D eigenvalue weighted by molar-refractivity contribution is -0.192. The van der Waals surface area contributed by atoms with E-state index in [0.717, 1.165) is 48.9 Å². The zero-order valence-electron chi connectivity index (χ0n) is 20.0. The molecular weight excluding hydrogens is 531 g/mol. The molecule has 0 bridgehead atoms. The van der Waals surface area contributed by atoms with Gasteiger partial charge in [-0.1, -0.05) is 18.2 Å². The Morgan fingerprint density at radius 2 is 1.68 bits per heavy atom. The topological polar surface area (TPSA) is 133 Å². The van der Waals surface area contributed by atoms with Crippen LogP contribution in [-0.2, 0) is 14.8 Å². The maximum Gasteiger partial charge on any atom is 0.490 e. The predicted molar refractivity (Wildman–Crippen MR) is 136 cm³/mol. The molecular formula is C23H28F3N5O4S2. The normalized spacial score (nSPS) is 18.1. The minimum Gasteiger partial charge on any atom is -0.475 e. The number of rotatable bonds is 8. The second-order valence-corrected chi connectivity index (χ2v) is 11.5. The second-order valence-electron chi connectivity index (χ2n) is 8.52. The monoisotopic (exact) mass is 559 g/mol. The Kier molecular flexibility index (Phi) is 9.68. The van der Waals surface area contributed by atoms with Gasteiger partial charge in [0.25, 0.3) is 0 Å². The van der Waals surface area contributed by atoms with E-state index in [9.17, 15) is 21.6 Å². The average Bonchev–Trinajstić information content (AvgIpc) is 3.42. The van der Waals surface area contributed by atoms with E-state index in [4.69, 9.17) is 9.90 Å². The summed E-state index contributed by atoms with van der Waals surface area (Å²) in [6.45, 7) is 1.34. The van der Waals surface area contributed by atoms with E-state index in [1.807, 2.05) is 31.3 Å². The van der Waals surface area contributed by atoms with E-state index < -0.39 is 22.2 Å². The maximum atomic E-state index is 12.3. The van der Waals surface area contributed by atoms with Crippen molar-refractivity contribution in [3.05, 3.63) is 41.8 Å². The highest BCUT2D eigenvalue weighted by Gasteiger charge is 2.38. The molecule has 37 heavy (non-hydrogen) atoms. The molecule has 0 saturated heterocycles. The highest BCUT2D eigenvalue weighted by molar-refractivity contribution is 7.91. The zero-order valence-corrected chi connectivity index (χ0v) is 21.6. The van der Waals surface area contributed by atoms with Crippen LogP contribution in [0, 0.1) is 11.8 Å². The molecule has 1 saturated carbocycles. The number of fused-ring (bicyclic) bond motifs is 1. The number of alkyl halides is 3. The molecule has 9 nitrogen and oxygen atoms in total. The van der Waals surface area contributed by atoms with Crippen molar-refractivity contribution >= 4 is 50.0 Å². The molecule has 4 N–H and O–H groups in total. The van der Waals surface area contributed by atoms with Crippen LogP contribution in [-0.4, -0.2) is 55.8 Å². The summed E-state index contributed by atoms with van der Waals surface area (Å²) in [5, 5.41) is 16.5. The Morgan fingerprint density at radius 1 is 1.05 bits per heavy atom. The Bertz CT molecular complexity index is 1280. The lowest BCUT2D eigenvalue weighted by Gasteiger charge is -2.28. The fourth-order valence-corrected chi connectivity index (χ4v) is 6.09. The number of anilines is 2. The van der Waals surface area contributed by atoms with Crippen molar-refractivity contribution in [3.63, 3.8) is 0 Å². The lowest BCUT2D eigenvalue weighted by Crippen LogP contribution is -2.32. The molecule has 0 radical (unpaired) electrons. The van der Waals surface area contributed by atoms with Gasteiger partial charge in [0.05, 0.1) is 5.52 Å². The van der Waals surface area contributed by atoms with Gasteiger partial charge in [0, 0.05) is 25.5 Å². The molecule has 1 aliphatic carbocycles. The Balaban J connectivity index is 0.000000479. The maximum absolute atomic E-state index is 12.3. The number of sulfonamides is 1. The first-order chi connectivity index (χ1) is 17.5. The van der Waals surface area contributed by atoms with Crippen LogP contribution in [0.4, 0.5) is 24.9 Å². The van der Waals surface area contributed by atoms with Gasteiger partial charge in [-0.25, -0.2) is 22.9 Å². The fraction of sp³-hybridized carbons (Fsp3) is 0.435. The summed E-state index contributed by atoms with van der Waals surface area (Å²) in [5.41, 5.74) is 0.918. The Morgan fingerprint density at radius 3 is 2.24 bits per heavy atom. The van der Waals surface area contributed by atoms with E-state index in [0.29, 0.717) is 28.5 Å². The van der Waals surface area contributed by atoms with Crippen molar-refractivity contribution in [3.8, 4) is 0 Å². The number of hydrogen-bond acceptors (Lipinski definition) is 8. The predicted octanol–water partition coefficient (Wildman–Crippen LogP) is 4.56. The molecule has 1 fully saturated rings. The van der Waals surface area contributed by atoms with Gasteiger partial charge in [0.2, 0.25) is 16.0 Å². The molecule has 202 valence electrons. The number of hydrogen-bond donors (Lipinski definition) is 4. The standard InChI is InChI=1S/C21H27N5O2S2.C2HF3O2/c1-22-20-17-5-2-3-6-18(17)25-21(26-20)23-13-15-8-10-16(11-9-15)14-24-30(27,28)19-7-4-12-29-19;3-2(4,5)1(6)7/h2-7,12,15-16,24H,8-11,13-14H2,1H3,(H2,22,23,25,26);(H,6,7). The first-order valence-corrected chi connectivity index (χ1v) is 13.9. The molecule has 1 aromatic carbocycles. The van der Waals surface area contributed by atoms with Gasteiger partial charge >= 0.3 is 12.1 Å². The number of thiophene rings is 1. The van der Waals surface area contributed by atoms with Gasteiger partial charge in [0.1, 0.15) is 10.0 Å². The van der Waals surface area contributed by atoms with Gasteiger partial charge in [-0.2, -0.15) is 18.2 Å². The number of carboxylic acid groups (broad SMARTS) is 1. The SMILES string of the molecule is CNc1nc(NCC2CCC(CNS(=O)(=O)c3cccs3)CC2)nc2ccccc12.O=C(O)C(F)(F)F. The van der Waals surface area contributed by atoms with Crippen molar-refractivity contribution in [2.75, 3.05) is 30.8 Å².